The summed E-state index contributed by atoms with van der Waals surface area (Å²) in [5.74, 6) is 1.58. The molecule has 1 N–H and O–H groups in total. The molecule has 4 aromatic rings. The van der Waals surface area contributed by atoms with Crippen LogP contribution < -0.4 is 15.0 Å². The van der Waals surface area contributed by atoms with Crippen molar-refractivity contribution in [2.75, 3.05) is 12.0 Å². The summed E-state index contributed by atoms with van der Waals surface area (Å²) in [7, 11) is 1.63. The molecule has 0 saturated carbocycles. The molecule has 0 spiro atoms. The summed E-state index contributed by atoms with van der Waals surface area (Å²) in [6.07, 6.45) is 0.875. The second kappa shape index (κ2) is 9.70. The van der Waals surface area contributed by atoms with E-state index < -0.39 is 6.04 Å². The Kier molecular flexibility index (Phi) is 6.29. The number of hydrogen-bond donors (Lipinski definition) is 1. The number of rotatable bonds is 6. The highest BCUT2D eigenvalue weighted by Crippen LogP contribution is 2.39. The van der Waals surface area contributed by atoms with Gasteiger partial charge < -0.3 is 14.6 Å². The first-order chi connectivity index (χ1) is 17.5. The van der Waals surface area contributed by atoms with Crippen LogP contribution in [0.1, 0.15) is 42.5 Å². The molecule has 182 valence electrons. The number of nitrogens with one attached hydrogen (secondary N) is 1. The molecule has 1 unspecified atom stereocenters. The van der Waals surface area contributed by atoms with Crippen molar-refractivity contribution in [1.82, 2.24) is 15.5 Å². The Hall–Kier alpha value is -4.39. The summed E-state index contributed by atoms with van der Waals surface area (Å²) in [5, 5.41) is 7.41. The predicted molar refractivity (Wildman–Crippen MR) is 140 cm³/mol. The van der Waals surface area contributed by atoms with Crippen LogP contribution in [0.15, 0.2) is 83.0 Å². The molecular formula is C29H28N4O3. The van der Waals surface area contributed by atoms with Crippen LogP contribution in [-0.2, 0) is 6.42 Å². The number of ether oxygens (including phenoxy) is 1. The number of methoxy groups -OCH3 is 1. The van der Waals surface area contributed by atoms with Gasteiger partial charge in [0.15, 0.2) is 0 Å². The lowest BCUT2D eigenvalue weighted by molar-refractivity contribution is 0.244. The fourth-order valence-corrected chi connectivity index (χ4v) is 4.45. The number of urea groups is 1. The van der Waals surface area contributed by atoms with Crippen LogP contribution in [0.4, 0.5) is 10.5 Å². The summed E-state index contributed by atoms with van der Waals surface area (Å²) in [6.45, 7) is 6.05. The van der Waals surface area contributed by atoms with Gasteiger partial charge >= 0.3 is 6.03 Å². The van der Waals surface area contributed by atoms with Crippen LogP contribution in [-0.4, -0.2) is 23.3 Å². The Morgan fingerprint density at radius 3 is 2.47 bits per heavy atom. The molecule has 1 aromatic heterocycles. The van der Waals surface area contributed by atoms with Crippen molar-refractivity contribution in [3.05, 3.63) is 101 Å². The van der Waals surface area contributed by atoms with Crippen LogP contribution in [0.5, 0.6) is 5.75 Å². The Labute approximate surface area is 210 Å². The average molecular weight is 481 g/mol. The van der Waals surface area contributed by atoms with E-state index >= 15 is 0 Å². The molecule has 7 heteroatoms. The normalized spacial score (nSPS) is 15.7. The van der Waals surface area contributed by atoms with Gasteiger partial charge in [-0.15, -0.1) is 0 Å². The second-order valence-corrected chi connectivity index (χ2v) is 8.80. The molecule has 7 nitrogen and oxygen atoms in total. The van der Waals surface area contributed by atoms with Crippen molar-refractivity contribution in [3.63, 3.8) is 0 Å². The highest BCUT2D eigenvalue weighted by Gasteiger charge is 2.36. The SMILES string of the molecule is CCc1cccc(N2C(=O)NC(c3ccc(C)cc3)C(c3nc(-c4ccc(OC)cc4)no3)=C2C)c1. The molecule has 3 aromatic carbocycles. The number of allylic oxidation sites excluding steroid dienone is 1. The minimum Gasteiger partial charge on any atom is -0.497 e. The van der Waals surface area contributed by atoms with Gasteiger partial charge in [0, 0.05) is 11.3 Å². The van der Waals surface area contributed by atoms with Crippen LogP contribution in [0.3, 0.4) is 0 Å². The van der Waals surface area contributed by atoms with Gasteiger partial charge in [0.05, 0.1) is 24.4 Å². The fourth-order valence-electron chi connectivity index (χ4n) is 4.45. The number of amides is 2. The van der Waals surface area contributed by atoms with Crippen LogP contribution in [0.25, 0.3) is 17.0 Å². The summed E-state index contributed by atoms with van der Waals surface area (Å²) in [5.41, 5.74) is 6.32. The Bertz CT molecular complexity index is 1420. The molecule has 5 rings (SSSR count). The molecule has 0 aliphatic carbocycles. The highest BCUT2D eigenvalue weighted by atomic mass is 16.5. The molecular weight excluding hydrogens is 452 g/mol. The van der Waals surface area contributed by atoms with Gasteiger partial charge in [-0.05, 0) is 67.8 Å². The van der Waals surface area contributed by atoms with E-state index in [9.17, 15) is 4.79 Å². The Morgan fingerprint density at radius 2 is 1.78 bits per heavy atom. The maximum absolute atomic E-state index is 13.4. The summed E-state index contributed by atoms with van der Waals surface area (Å²) < 4.78 is 11.1. The minimum atomic E-state index is -0.437. The Morgan fingerprint density at radius 1 is 1.03 bits per heavy atom. The van der Waals surface area contributed by atoms with Crippen LogP contribution in [0.2, 0.25) is 0 Å². The molecule has 1 atom stereocenters. The number of hydrogen-bond acceptors (Lipinski definition) is 5. The number of carbonyl (C=O) groups excluding carboxylic acids is 1. The van der Waals surface area contributed by atoms with E-state index in [-0.39, 0.29) is 6.03 Å². The van der Waals surface area contributed by atoms with E-state index in [1.165, 1.54) is 0 Å². The molecule has 2 amide bonds. The van der Waals surface area contributed by atoms with Crippen molar-refractivity contribution in [3.8, 4) is 17.1 Å². The van der Waals surface area contributed by atoms with E-state index in [4.69, 9.17) is 14.2 Å². The van der Waals surface area contributed by atoms with E-state index in [1.54, 1.807) is 12.0 Å². The second-order valence-electron chi connectivity index (χ2n) is 8.80. The maximum Gasteiger partial charge on any atom is 0.326 e. The minimum absolute atomic E-state index is 0.204. The number of anilines is 1. The van der Waals surface area contributed by atoms with Gasteiger partial charge in [-0.25, -0.2) is 4.79 Å². The predicted octanol–water partition coefficient (Wildman–Crippen LogP) is 6.32. The topological polar surface area (TPSA) is 80.5 Å². The van der Waals surface area contributed by atoms with Crippen molar-refractivity contribution < 1.29 is 14.1 Å². The molecule has 0 radical (unpaired) electrons. The zero-order valence-corrected chi connectivity index (χ0v) is 20.8. The van der Waals surface area contributed by atoms with Crippen molar-refractivity contribution in [1.29, 1.82) is 0 Å². The largest absolute Gasteiger partial charge is 0.497 e. The lowest BCUT2D eigenvalue weighted by atomic mass is 9.94. The first kappa shape index (κ1) is 23.4. The number of aromatic nitrogens is 2. The monoisotopic (exact) mass is 480 g/mol. The van der Waals surface area contributed by atoms with Gasteiger partial charge in [0.25, 0.3) is 5.89 Å². The van der Waals surface area contributed by atoms with Gasteiger partial charge in [-0.3, -0.25) is 4.90 Å². The third-order valence-corrected chi connectivity index (χ3v) is 6.48. The number of nitrogens with zero attached hydrogens (tertiary/aromatic N) is 3. The van der Waals surface area contributed by atoms with Crippen molar-refractivity contribution in [2.24, 2.45) is 0 Å². The lowest BCUT2D eigenvalue weighted by Crippen LogP contribution is -2.46. The first-order valence-corrected chi connectivity index (χ1v) is 11.9. The van der Waals surface area contributed by atoms with Crippen LogP contribution >= 0.6 is 0 Å². The van der Waals surface area contributed by atoms with Gasteiger partial charge in [-0.1, -0.05) is 54.0 Å². The molecule has 36 heavy (non-hydrogen) atoms. The number of benzene rings is 3. The average Bonchev–Trinajstić information content (AvgIpc) is 3.39. The standard InChI is InChI=1S/C29H28N4O3/c1-5-20-7-6-8-23(17-20)33-19(3)25(26(30-29(33)34)21-11-9-18(2)10-12-21)28-31-27(32-36-28)22-13-15-24(35-4)16-14-22/h6-17,26H,5H2,1-4H3,(H,30,34). The van der Waals surface area contributed by atoms with E-state index in [1.807, 2.05) is 80.6 Å². The highest BCUT2D eigenvalue weighted by molar-refractivity contribution is 6.01. The van der Waals surface area contributed by atoms with E-state index in [2.05, 4.69) is 23.5 Å². The fraction of sp³-hybridized carbons (Fsp3) is 0.207. The molecule has 0 bridgehead atoms. The van der Waals surface area contributed by atoms with Gasteiger partial charge in [0.2, 0.25) is 5.82 Å². The quantitative estimate of drug-likeness (QED) is 0.349. The number of aryl methyl sites for hydroxylation is 2. The van der Waals surface area contributed by atoms with Gasteiger partial charge in [0.1, 0.15) is 5.75 Å². The third kappa shape index (κ3) is 4.35. The molecule has 1 aliphatic rings. The first-order valence-electron chi connectivity index (χ1n) is 11.9. The van der Waals surface area contributed by atoms with Crippen LogP contribution in [0, 0.1) is 6.92 Å². The molecule has 0 saturated heterocycles. The lowest BCUT2D eigenvalue weighted by Gasteiger charge is -2.35. The third-order valence-electron chi connectivity index (χ3n) is 6.48. The summed E-state index contributed by atoms with van der Waals surface area (Å²) >= 11 is 0. The summed E-state index contributed by atoms with van der Waals surface area (Å²) in [4.78, 5) is 19.8. The maximum atomic E-state index is 13.4. The van der Waals surface area contributed by atoms with Crippen molar-refractivity contribution in [2.45, 2.75) is 33.2 Å². The van der Waals surface area contributed by atoms with E-state index in [0.717, 1.165) is 51.4 Å². The van der Waals surface area contributed by atoms with Crippen molar-refractivity contribution >= 4 is 17.3 Å². The zero-order chi connectivity index (χ0) is 25.2. The summed E-state index contributed by atoms with van der Waals surface area (Å²) in [6, 6.07) is 22.9. The molecule has 2 heterocycles. The zero-order valence-electron chi connectivity index (χ0n) is 20.8. The smallest absolute Gasteiger partial charge is 0.326 e. The Balaban J connectivity index is 1.63. The molecule has 1 aliphatic heterocycles. The molecule has 0 fully saturated rings. The van der Waals surface area contributed by atoms with Gasteiger partial charge in [-0.2, -0.15) is 4.98 Å². The number of carbonyl (C=O) groups is 1. The van der Waals surface area contributed by atoms with E-state index in [0.29, 0.717) is 11.7 Å².